The van der Waals surface area contributed by atoms with Crippen molar-refractivity contribution in [1.29, 1.82) is 0 Å². The Labute approximate surface area is 215 Å². The van der Waals surface area contributed by atoms with Gasteiger partial charge >= 0.3 is 0 Å². The maximum Gasteiger partial charge on any atom is 0.270 e. The summed E-state index contributed by atoms with van der Waals surface area (Å²) >= 11 is 3.34. The average Bonchev–Trinajstić information content (AvgIpc) is 3.14. The number of anilines is 1. The molecule has 35 heavy (non-hydrogen) atoms. The van der Waals surface area contributed by atoms with Crippen LogP contribution in [0.4, 0.5) is 10.1 Å². The molecule has 0 unspecified atom stereocenters. The van der Waals surface area contributed by atoms with Crippen LogP contribution in [0.1, 0.15) is 50.7 Å². The molecular formula is C24H31BBrFN6O2. The Bertz CT molecular complexity index is 1080. The van der Waals surface area contributed by atoms with E-state index in [0.717, 1.165) is 36.9 Å². The number of hydrazine groups is 1. The van der Waals surface area contributed by atoms with Crippen LogP contribution in [-0.4, -0.2) is 60.7 Å². The van der Waals surface area contributed by atoms with Crippen LogP contribution in [0, 0.1) is 12.3 Å². The lowest BCUT2D eigenvalue weighted by Crippen LogP contribution is -2.51. The summed E-state index contributed by atoms with van der Waals surface area (Å²) in [5, 5.41) is 7.47. The van der Waals surface area contributed by atoms with Gasteiger partial charge in [0, 0.05) is 22.4 Å². The zero-order chi connectivity index (χ0) is 25.4. The van der Waals surface area contributed by atoms with Crippen LogP contribution < -0.4 is 16.1 Å². The summed E-state index contributed by atoms with van der Waals surface area (Å²) in [5.41, 5.74) is 4.65. The van der Waals surface area contributed by atoms with Gasteiger partial charge in [-0.25, -0.2) is 14.4 Å². The first-order valence-corrected chi connectivity index (χ1v) is 12.6. The summed E-state index contributed by atoms with van der Waals surface area (Å²) in [5.74, 6) is -0.620. The molecule has 2 amide bonds. The van der Waals surface area contributed by atoms with Crippen LogP contribution in [-0.2, 0) is 15.3 Å². The van der Waals surface area contributed by atoms with Gasteiger partial charge in [0.2, 0.25) is 5.91 Å². The number of nitrogens with one attached hydrogen (secondary N) is 3. The number of alkyl halides is 1. The standard InChI is InChI=1S/C24H31BBrFN6O2/c1-15-12-16(23(2,3)27)4-5-17(15)30-19(34)13-33-21(35)20-18(28-14-29-22(26)31-33)6-7-24(20)8-10-32(25)11-9-24/h4-5,12,28H,6-11,13-14H2,1-3H3,(H,29,31)(H,30,34). The predicted octanol–water partition coefficient (Wildman–Crippen LogP) is 3.00. The smallest absolute Gasteiger partial charge is 0.270 e. The molecule has 0 bridgehead atoms. The Morgan fingerprint density at radius 2 is 2.03 bits per heavy atom. The van der Waals surface area contributed by atoms with Gasteiger partial charge in [-0.1, -0.05) is 12.1 Å². The molecule has 1 aromatic rings. The molecule has 8 nitrogen and oxygen atoms in total. The van der Waals surface area contributed by atoms with Crippen LogP contribution in [0.25, 0.3) is 0 Å². The number of halogens is 2. The second-order valence-electron chi connectivity index (χ2n) is 10.0. The maximum absolute atomic E-state index is 14.3. The molecule has 3 N–H and O–H groups in total. The number of aliphatic imine (C=N–C) groups is 1. The van der Waals surface area contributed by atoms with Crippen molar-refractivity contribution < 1.29 is 14.0 Å². The van der Waals surface area contributed by atoms with Gasteiger partial charge in [-0.3, -0.25) is 15.0 Å². The summed E-state index contributed by atoms with van der Waals surface area (Å²) in [7, 11) is 5.99. The first-order valence-electron chi connectivity index (χ1n) is 11.8. The van der Waals surface area contributed by atoms with Gasteiger partial charge in [-0.2, -0.15) is 0 Å². The Balaban J connectivity index is 1.55. The maximum atomic E-state index is 14.3. The quantitative estimate of drug-likeness (QED) is 0.400. The zero-order valence-electron chi connectivity index (χ0n) is 20.4. The van der Waals surface area contributed by atoms with Gasteiger partial charge in [-0.15, -0.1) is 0 Å². The number of allylic oxidation sites excluding steroid dienone is 1. The Kier molecular flexibility index (Phi) is 7.29. The highest BCUT2D eigenvalue weighted by atomic mass is 79.9. The third-order valence-electron chi connectivity index (χ3n) is 7.13. The van der Waals surface area contributed by atoms with Crippen molar-refractivity contribution in [3.05, 3.63) is 40.6 Å². The highest BCUT2D eigenvalue weighted by Gasteiger charge is 2.47. The van der Waals surface area contributed by atoms with E-state index >= 15 is 0 Å². The van der Waals surface area contributed by atoms with Gasteiger partial charge in [0.15, 0.2) is 12.7 Å². The molecule has 2 heterocycles. The lowest BCUT2D eigenvalue weighted by molar-refractivity contribution is -0.134. The van der Waals surface area contributed by atoms with E-state index in [0.29, 0.717) is 41.3 Å². The highest BCUT2D eigenvalue weighted by molar-refractivity contribution is 9.18. The molecule has 0 saturated carbocycles. The molecule has 4 rings (SSSR count). The number of nitrogens with zero attached hydrogens (tertiary/aromatic N) is 3. The Morgan fingerprint density at radius 3 is 2.69 bits per heavy atom. The summed E-state index contributed by atoms with van der Waals surface area (Å²) in [6.45, 7) is 6.31. The van der Waals surface area contributed by atoms with Crippen molar-refractivity contribution >= 4 is 46.2 Å². The summed E-state index contributed by atoms with van der Waals surface area (Å²) < 4.78 is 14.6. The third kappa shape index (κ3) is 5.56. The fourth-order valence-electron chi connectivity index (χ4n) is 5.07. The van der Waals surface area contributed by atoms with E-state index in [4.69, 9.17) is 7.98 Å². The van der Waals surface area contributed by atoms with Crippen LogP contribution in [0.5, 0.6) is 0 Å². The van der Waals surface area contributed by atoms with Gasteiger partial charge in [0.05, 0.1) is 0 Å². The van der Waals surface area contributed by atoms with E-state index in [1.54, 1.807) is 23.0 Å². The molecular weight excluding hydrogens is 514 g/mol. The molecule has 2 aliphatic heterocycles. The molecule has 11 heteroatoms. The van der Waals surface area contributed by atoms with E-state index in [9.17, 15) is 14.0 Å². The topological polar surface area (TPSA) is 89.1 Å². The van der Waals surface area contributed by atoms with Crippen LogP contribution in [0.3, 0.4) is 0 Å². The molecule has 1 spiro atoms. The van der Waals surface area contributed by atoms with Gasteiger partial charge < -0.3 is 15.4 Å². The average molecular weight is 545 g/mol. The van der Waals surface area contributed by atoms with Crippen molar-refractivity contribution in [1.82, 2.24) is 20.6 Å². The fraction of sp³-hybridized carbons (Fsp3) is 0.542. The van der Waals surface area contributed by atoms with Crippen molar-refractivity contribution in [3.8, 4) is 0 Å². The largest absolute Gasteiger partial charge is 0.369 e. The normalized spacial score (nSPS) is 22.4. The van der Waals surface area contributed by atoms with Crippen molar-refractivity contribution in [2.24, 2.45) is 10.4 Å². The number of hydrogen-bond acceptors (Lipinski definition) is 6. The number of carbonyl (C=O) groups is 2. The van der Waals surface area contributed by atoms with Crippen LogP contribution >= 0.6 is 15.9 Å². The molecule has 1 fully saturated rings. The van der Waals surface area contributed by atoms with Crippen LogP contribution in [0.15, 0.2) is 34.5 Å². The molecule has 1 saturated heterocycles. The minimum Gasteiger partial charge on any atom is -0.369 e. The lowest BCUT2D eigenvalue weighted by Gasteiger charge is -2.40. The number of rotatable bonds is 4. The van der Waals surface area contributed by atoms with Crippen molar-refractivity contribution in [3.63, 3.8) is 0 Å². The van der Waals surface area contributed by atoms with E-state index in [1.807, 2.05) is 6.92 Å². The van der Waals surface area contributed by atoms with Crippen molar-refractivity contribution in [2.75, 3.05) is 31.6 Å². The summed E-state index contributed by atoms with van der Waals surface area (Å²) in [6, 6.07) is 5.06. The molecule has 3 aliphatic rings. The van der Waals surface area contributed by atoms with Crippen molar-refractivity contribution in [2.45, 2.75) is 52.1 Å². The second kappa shape index (κ2) is 9.93. The number of amides is 2. The Morgan fingerprint density at radius 1 is 1.31 bits per heavy atom. The molecule has 0 aromatic heterocycles. The van der Waals surface area contributed by atoms with E-state index in [2.05, 4.69) is 37.0 Å². The zero-order valence-corrected chi connectivity index (χ0v) is 22.0. The fourth-order valence-corrected chi connectivity index (χ4v) is 5.41. The van der Waals surface area contributed by atoms with E-state index in [-0.39, 0.29) is 23.8 Å². The van der Waals surface area contributed by atoms with Gasteiger partial charge in [-0.05, 0) is 92.7 Å². The Hall–Kier alpha value is -2.40. The minimum atomic E-state index is -1.48. The van der Waals surface area contributed by atoms with E-state index < -0.39 is 5.67 Å². The second-order valence-corrected chi connectivity index (χ2v) is 10.8. The predicted molar refractivity (Wildman–Crippen MR) is 138 cm³/mol. The minimum absolute atomic E-state index is 0.227. The molecule has 2 radical (unpaired) electrons. The number of aryl methyl sites for hydroxylation is 1. The number of carbonyl (C=O) groups excluding carboxylic acids is 2. The molecule has 0 atom stereocenters. The first-order chi connectivity index (χ1) is 16.5. The number of hydrogen-bond donors (Lipinski definition) is 3. The van der Waals surface area contributed by atoms with Gasteiger partial charge in [0.1, 0.15) is 18.9 Å². The number of piperidine rings is 1. The lowest BCUT2D eigenvalue weighted by atomic mass is 9.72. The summed E-state index contributed by atoms with van der Waals surface area (Å²) in [6.07, 6.45) is 3.20. The number of amidine groups is 1. The number of benzene rings is 1. The summed E-state index contributed by atoms with van der Waals surface area (Å²) in [4.78, 5) is 33.0. The molecule has 1 aromatic carbocycles. The first kappa shape index (κ1) is 25.7. The van der Waals surface area contributed by atoms with Gasteiger partial charge in [0.25, 0.3) is 5.91 Å². The third-order valence-corrected chi connectivity index (χ3v) is 7.55. The van der Waals surface area contributed by atoms with E-state index in [1.165, 1.54) is 18.9 Å². The highest BCUT2D eigenvalue weighted by Crippen LogP contribution is 2.50. The monoisotopic (exact) mass is 544 g/mol. The molecule has 1 aliphatic carbocycles. The molecule has 186 valence electrons. The van der Waals surface area contributed by atoms with Crippen LogP contribution in [0.2, 0.25) is 0 Å². The SMILES string of the molecule is [B]N1CCC2(CCC3=C2C(=O)N(CC(=O)Nc2ccc(C(C)(C)F)cc2C)N/C(Br)=N\CN3)CC1. The number of fused-ring (bicyclic) bond motifs is 1.